The van der Waals surface area contributed by atoms with Gasteiger partial charge in [0.05, 0.1) is 5.56 Å². The van der Waals surface area contributed by atoms with Gasteiger partial charge < -0.3 is 5.32 Å². The number of carbonyl (C=O) groups excluding carboxylic acids is 1. The van der Waals surface area contributed by atoms with Crippen LogP contribution in [0.4, 0.5) is 5.00 Å². The smallest absolute Gasteiger partial charge is 0.256 e. The van der Waals surface area contributed by atoms with Gasteiger partial charge in [0.15, 0.2) is 0 Å². The highest BCUT2D eigenvalue weighted by atomic mass is 32.1. The van der Waals surface area contributed by atoms with Crippen LogP contribution in [0.2, 0.25) is 0 Å². The molecule has 0 aliphatic heterocycles. The van der Waals surface area contributed by atoms with Gasteiger partial charge in [-0.05, 0) is 47.9 Å². The van der Waals surface area contributed by atoms with E-state index in [0.29, 0.717) is 22.1 Å². The number of hydrogen-bond donors (Lipinski definition) is 1. The molecule has 3 aromatic rings. The van der Waals surface area contributed by atoms with Crippen molar-refractivity contribution in [3.05, 3.63) is 87.8 Å². The summed E-state index contributed by atoms with van der Waals surface area (Å²) in [6, 6.07) is 21.8. The fourth-order valence-corrected chi connectivity index (χ4v) is 5.10. The van der Waals surface area contributed by atoms with Crippen LogP contribution in [-0.2, 0) is 17.6 Å². The van der Waals surface area contributed by atoms with Gasteiger partial charge in [0.2, 0.25) is 0 Å². The van der Waals surface area contributed by atoms with E-state index in [9.17, 15) is 10.1 Å². The normalized spacial score (nSPS) is 16.0. The van der Waals surface area contributed by atoms with E-state index in [0.717, 1.165) is 36.0 Å². The monoisotopic (exact) mass is 398 g/mol. The quantitative estimate of drug-likeness (QED) is 0.438. The Labute approximate surface area is 175 Å². The SMILES string of the molecule is CC1CCc2c(sc(NC(=O)/C(=C/c3ccccc3)c3ccccc3)c2C#N)C1. The Bertz CT molecular complexity index is 1090. The van der Waals surface area contributed by atoms with E-state index in [4.69, 9.17) is 0 Å². The third-order valence-electron chi connectivity index (χ3n) is 5.29. The molecule has 1 aliphatic carbocycles. The van der Waals surface area contributed by atoms with Crippen molar-refractivity contribution in [1.29, 1.82) is 5.26 Å². The van der Waals surface area contributed by atoms with Crippen molar-refractivity contribution in [2.75, 3.05) is 5.32 Å². The Morgan fingerprint density at radius 1 is 1.14 bits per heavy atom. The molecule has 1 atom stereocenters. The van der Waals surface area contributed by atoms with Crippen LogP contribution in [-0.4, -0.2) is 5.91 Å². The first kappa shape index (κ1) is 19.2. The summed E-state index contributed by atoms with van der Waals surface area (Å²) in [7, 11) is 0. The van der Waals surface area contributed by atoms with Gasteiger partial charge in [0.1, 0.15) is 11.1 Å². The molecule has 0 radical (unpaired) electrons. The molecule has 29 heavy (non-hydrogen) atoms. The van der Waals surface area contributed by atoms with Gasteiger partial charge >= 0.3 is 0 Å². The van der Waals surface area contributed by atoms with Crippen molar-refractivity contribution in [3.63, 3.8) is 0 Å². The Hall–Kier alpha value is -3.16. The molecule has 1 heterocycles. The average Bonchev–Trinajstić information content (AvgIpc) is 3.09. The van der Waals surface area contributed by atoms with Crippen LogP contribution in [0.1, 0.15) is 40.5 Å². The summed E-state index contributed by atoms with van der Waals surface area (Å²) in [6.07, 6.45) is 4.88. The first-order valence-electron chi connectivity index (χ1n) is 9.84. The molecule has 0 fully saturated rings. The molecule has 144 valence electrons. The molecule has 4 heteroatoms. The van der Waals surface area contributed by atoms with E-state index < -0.39 is 0 Å². The largest absolute Gasteiger partial charge is 0.312 e. The maximum Gasteiger partial charge on any atom is 0.256 e. The van der Waals surface area contributed by atoms with Gasteiger partial charge in [0.25, 0.3) is 5.91 Å². The first-order valence-corrected chi connectivity index (χ1v) is 10.7. The van der Waals surface area contributed by atoms with Gasteiger partial charge in [-0.1, -0.05) is 67.6 Å². The molecule has 1 aromatic heterocycles. The summed E-state index contributed by atoms with van der Waals surface area (Å²) >= 11 is 1.56. The second-order valence-electron chi connectivity index (χ2n) is 7.46. The molecule has 0 saturated carbocycles. The van der Waals surface area contributed by atoms with E-state index in [1.165, 1.54) is 4.88 Å². The zero-order chi connectivity index (χ0) is 20.2. The molecule has 3 nitrogen and oxygen atoms in total. The predicted molar refractivity (Wildman–Crippen MR) is 120 cm³/mol. The molecule has 0 saturated heterocycles. The molecule has 1 amide bonds. The molecule has 1 aliphatic rings. The number of rotatable bonds is 4. The number of hydrogen-bond acceptors (Lipinski definition) is 3. The van der Waals surface area contributed by atoms with Crippen LogP contribution in [0.15, 0.2) is 60.7 Å². The average molecular weight is 399 g/mol. The van der Waals surface area contributed by atoms with Crippen molar-refractivity contribution in [2.24, 2.45) is 5.92 Å². The highest BCUT2D eigenvalue weighted by molar-refractivity contribution is 7.16. The van der Waals surface area contributed by atoms with Gasteiger partial charge in [-0.2, -0.15) is 5.26 Å². The maximum atomic E-state index is 13.3. The summed E-state index contributed by atoms with van der Waals surface area (Å²) in [4.78, 5) is 14.5. The van der Waals surface area contributed by atoms with Crippen molar-refractivity contribution in [2.45, 2.75) is 26.2 Å². The topological polar surface area (TPSA) is 52.9 Å². The number of nitriles is 1. The third kappa shape index (κ3) is 4.16. The molecular formula is C25H22N2OS. The molecule has 1 unspecified atom stereocenters. The number of nitrogens with one attached hydrogen (secondary N) is 1. The van der Waals surface area contributed by atoms with Gasteiger partial charge in [-0.3, -0.25) is 4.79 Å². The lowest BCUT2D eigenvalue weighted by molar-refractivity contribution is -0.111. The summed E-state index contributed by atoms with van der Waals surface area (Å²) < 4.78 is 0. The van der Waals surface area contributed by atoms with Gasteiger partial charge in [0, 0.05) is 10.5 Å². The molecule has 1 N–H and O–H groups in total. The van der Waals surface area contributed by atoms with E-state index in [1.54, 1.807) is 11.3 Å². The number of thiophene rings is 1. The Morgan fingerprint density at radius 3 is 2.52 bits per heavy atom. The Kier molecular flexibility index (Phi) is 5.59. The van der Waals surface area contributed by atoms with E-state index in [2.05, 4.69) is 18.3 Å². The summed E-state index contributed by atoms with van der Waals surface area (Å²) in [5.74, 6) is 0.428. The summed E-state index contributed by atoms with van der Waals surface area (Å²) in [6.45, 7) is 2.24. The van der Waals surface area contributed by atoms with E-state index in [-0.39, 0.29) is 5.91 Å². The highest BCUT2D eigenvalue weighted by Crippen LogP contribution is 2.39. The lowest BCUT2D eigenvalue weighted by Crippen LogP contribution is -2.14. The van der Waals surface area contributed by atoms with Crippen LogP contribution in [0, 0.1) is 17.2 Å². The second-order valence-corrected chi connectivity index (χ2v) is 8.56. The minimum absolute atomic E-state index is 0.191. The van der Waals surface area contributed by atoms with Crippen molar-refractivity contribution in [3.8, 4) is 6.07 Å². The van der Waals surface area contributed by atoms with Crippen LogP contribution in [0.5, 0.6) is 0 Å². The number of fused-ring (bicyclic) bond motifs is 1. The zero-order valence-corrected chi connectivity index (χ0v) is 17.1. The maximum absolute atomic E-state index is 13.3. The number of nitrogens with zero attached hydrogens (tertiary/aromatic N) is 1. The number of amides is 1. The predicted octanol–water partition coefficient (Wildman–Crippen LogP) is 5.92. The fraction of sp³-hybridized carbons (Fsp3) is 0.200. The second kappa shape index (κ2) is 8.46. The van der Waals surface area contributed by atoms with Crippen LogP contribution >= 0.6 is 11.3 Å². The molecule has 4 rings (SSSR count). The van der Waals surface area contributed by atoms with Crippen LogP contribution in [0.3, 0.4) is 0 Å². The number of anilines is 1. The van der Waals surface area contributed by atoms with Crippen molar-refractivity contribution in [1.82, 2.24) is 0 Å². The molecular weight excluding hydrogens is 376 g/mol. The Morgan fingerprint density at radius 2 is 1.83 bits per heavy atom. The molecule has 0 spiro atoms. The fourth-order valence-electron chi connectivity index (χ4n) is 3.74. The Balaban J connectivity index is 1.70. The van der Waals surface area contributed by atoms with Crippen LogP contribution in [0.25, 0.3) is 11.6 Å². The number of carbonyl (C=O) groups is 1. The first-order chi connectivity index (χ1) is 14.2. The standard InChI is InChI=1S/C25H22N2OS/c1-17-12-13-20-22(16-26)25(29-23(20)14-17)27-24(28)21(19-10-6-3-7-11-19)15-18-8-4-2-5-9-18/h2-11,15,17H,12-14H2,1H3,(H,27,28)/b21-15+. The van der Waals surface area contributed by atoms with E-state index >= 15 is 0 Å². The molecule has 0 bridgehead atoms. The van der Waals surface area contributed by atoms with Gasteiger partial charge in [-0.25, -0.2) is 0 Å². The lowest BCUT2D eigenvalue weighted by Gasteiger charge is -2.17. The minimum Gasteiger partial charge on any atom is -0.312 e. The lowest BCUT2D eigenvalue weighted by atomic mass is 9.88. The van der Waals surface area contributed by atoms with Crippen molar-refractivity contribution >= 4 is 33.9 Å². The van der Waals surface area contributed by atoms with Crippen LogP contribution < -0.4 is 5.32 Å². The third-order valence-corrected chi connectivity index (χ3v) is 6.46. The summed E-state index contributed by atoms with van der Waals surface area (Å²) in [5, 5.41) is 13.4. The molecule has 2 aromatic carbocycles. The van der Waals surface area contributed by atoms with Crippen molar-refractivity contribution < 1.29 is 4.79 Å². The summed E-state index contributed by atoms with van der Waals surface area (Å²) in [5.41, 5.74) is 4.15. The van der Waals surface area contributed by atoms with Gasteiger partial charge in [-0.15, -0.1) is 11.3 Å². The number of benzene rings is 2. The highest BCUT2D eigenvalue weighted by Gasteiger charge is 2.25. The zero-order valence-electron chi connectivity index (χ0n) is 16.3. The minimum atomic E-state index is -0.191. The van der Waals surface area contributed by atoms with E-state index in [1.807, 2.05) is 66.7 Å².